The van der Waals surface area contributed by atoms with Gasteiger partial charge in [-0.2, -0.15) is 5.10 Å². The summed E-state index contributed by atoms with van der Waals surface area (Å²) in [5.74, 6) is 0.576. The van der Waals surface area contributed by atoms with Gasteiger partial charge in [-0.15, -0.1) is 0 Å². The molecule has 1 amide bonds. The summed E-state index contributed by atoms with van der Waals surface area (Å²) in [7, 11) is 1.50. The van der Waals surface area contributed by atoms with Crippen LogP contribution in [0.25, 0.3) is 11.0 Å². The molecule has 0 aliphatic heterocycles. The number of carbonyl (C=O) groups is 1. The molecular formula is C24H18BrN3O6. The molecule has 1 N–H and O–H groups in total. The van der Waals surface area contributed by atoms with E-state index in [1.165, 1.54) is 25.5 Å². The summed E-state index contributed by atoms with van der Waals surface area (Å²) < 4.78 is 17.6. The Bertz CT molecular complexity index is 1400. The summed E-state index contributed by atoms with van der Waals surface area (Å²) in [4.78, 5) is 22.8. The van der Waals surface area contributed by atoms with Crippen molar-refractivity contribution in [1.82, 2.24) is 5.43 Å². The van der Waals surface area contributed by atoms with Crippen LogP contribution in [0.4, 0.5) is 5.69 Å². The first-order valence-corrected chi connectivity index (χ1v) is 10.8. The number of ether oxygens (including phenoxy) is 2. The number of amides is 1. The van der Waals surface area contributed by atoms with Crippen molar-refractivity contribution in [3.05, 3.63) is 98.2 Å². The number of rotatable bonds is 8. The number of halogens is 1. The van der Waals surface area contributed by atoms with Crippen molar-refractivity contribution in [2.45, 2.75) is 6.61 Å². The van der Waals surface area contributed by atoms with Crippen molar-refractivity contribution >= 4 is 44.7 Å². The van der Waals surface area contributed by atoms with E-state index >= 15 is 0 Å². The van der Waals surface area contributed by atoms with Crippen LogP contribution in [0.3, 0.4) is 0 Å². The third-order valence-corrected chi connectivity index (χ3v) is 5.28. The van der Waals surface area contributed by atoms with Gasteiger partial charge in [0.15, 0.2) is 17.3 Å². The average Bonchev–Trinajstić information content (AvgIpc) is 3.26. The van der Waals surface area contributed by atoms with Gasteiger partial charge in [-0.25, -0.2) is 5.43 Å². The topological polar surface area (TPSA) is 116 Å². The summed E-state index contributed by atoms with van der Waals surface area (Å²) in [5, 5.41) is 15.7. The minimum Gasteiger partial charge on any atom is -0.493 e. The number of methoxy groups -OCH3 is 1. The molecule has 4 rings (SSSR count). The third kappa shape index (κ3) is 5.41. The second-order valence-corrected chi connectivity index (χ2v) is 8.03. The Kier molecular flexibility index (Phi) is 6.88. The molecule has 0 saturated carbocycles. The lowest BCUT2D eigenvalue weighted by atomic mass is 10.2. The van der Waals surface area contributed by atoms with Crippen molar-refractivity contribution in [2.75, 3.05) is 7.11 Å². The summed E-state index contributed by atoms with van der Waals surface area (Å²) in [5.41, 5.74) is 4.35. The van der Waals surface area contributed by atoms with Crippen molar-refractivity contribution < 1.29 is 23.6 Å². The van der Waals surface area contributed by atoms with E-state index in [1.807, 2.05) is 12.1 Å². The Labute approximate surface area is 202 Å². The zero-order valence-corrected chi connectivity index (χ0v) is 19.4. The Hall–Kier alpha value is -4.18. The number of benzene rings is 3. The van der Waals surface area contributed by atoms with E-state index in [1.54, 1.807) is 42.5 Å². The number of hydrogen-bond donors (Lipinski definition) is 1. The quantitative estimate of drug-likeness (QED) is 0.186. The largest absolute Gasteiger partial charge is 0.493 e. The molecular weight excluding hydrogens is 506 g/mol. The Morgan fingerprint density at radius 2 is 2.00 bits per heavy atom. The Morgan fingerprint density at radius 3 is 2.79 bits per heavy atom. The van der Waals surface area contributed by atoms with Gasteiger partial charge in [-0.05, 0) is 53.6 Å². The predicted molar refractivity (Wildman–Crippen MR) is 129 cm³/mol. The van der Waals surface area contributed by atoms with Crippen molar-refractivity contribution in [2.24, 2.45) is 5.10 Å². The fourth-order valence-electron chi connectivity index (χ4n) is 3.15. The number of nitrogens with zero attached hydrogens (tertiary/aromatic N) is 2. The molecule has 0 aliphatic carbocycles. The second kappa shape index (κ2) is 10.2. The van der Waals surface area contributed by atoms with Crippen LogP contribution in [0.5, 0.6) is 11.5 Å². The highest BCUT2D eigenvalue weighted by Gasteiger charge is 2.12. The lowest BCUT2D eigenvalue weighted by Crippen LogP contribution is -2.16. The van der Waals surface area contributed by atoms with Crippen LogP contribution in [0, 0.1) is 10.1 Å². The Balaban J connectivity index is 1.40. The lowest BCUT2D eigenvalue weighted by molar-refractivity contribution is -0.384. The van der Waals surface area contributed by atoms with Crippen molar-refractivity contribution in [3.63, 3.8) is 0 Å². The maximum absolute atomic E-state index is 12.3. The minimum atomic E-state index is -0.479. The molecule has 34 heavy (non-hydrogen) atoms. The molecule has 4 aromatic rings. The van der Waals surface area contributed by atoms with E-state index in [9.17, 15) is 14.9 Å². The van der Waals surface area contributed by atoms with E-state index in [2.05, 4.69) is 26.5 Å². The average molecular weight is 524 g/mol. The van der Waals surface area contributed by atoms with Gasteiger partial charge in [0.1, 0.15) is 12.2 Å². The van der Waals surface area contributed by atoms with Gasteiger partial charge in [0.2, 0.25) is 0 Å². The number of nitro groups is 1. The maximum atomic E-state index is 12.3. The molecule has 1 aromatic heterocycles. The molecule has 0 aliphatic rings. The van der Waals surface area contributed by atoms with Crippen LogP contribution >= 0.6 is 15.9 Å². The monoisotopic (exact) mass is 523 g/mol. The molecule has 0 unspecified atom stereocenters. The summed E-state index contributed by atoms with van der Waals surface area (Å²) in [6, 6.07) is 18.4. The number of carbonyl (C=O) groups excluding carboxylic acids is 1. The van der Waals surface area contributed by atoms with Crippen LogP contribution in [0.2, 0.25) is 0 Å². The normalized spacial score (nSPS) is 11.0. The van der Waals surface area contributed by atoms with Gasteiger partial charge in [-0.3, -0.25) is 14.9 Å². The number of fused-ring (bicyclic) bond motifs is 1. The molecule has 9 nitrogen and oxygen atoms in total. The van der Waals surface area contributed by atoms with Crippen molar-refractivity contribution in [1.29, 1.82) is 0 Å². The zero-order valence-electron chi connectivity index (χ0n) is 17.9. The van der Waals surface area contributed by atoms with Gasteiger partial charge >= 0.3 is 5.91 Å². The highest BCUT2D eigenvalue weighted by molar-refractivity contribution is 9.10. The zero-order chi connectivity index (χ0) is 24.1. The molecule has 0 radical (unpaired) electrons. The molecule has 0 spiro atoms. The lowest BCUT2D eigenvalue weighted by Gasteiger charge is -2.11. The number of hydrogen-bond acceptors (Lipinski definition) is 7. The second-order valence-electron chi connectivity index (χ2n) is 7.12. The van der Waals surface area contributed by atoms with Gasteiger partial charge in [0.25, 0.3) is 5.69 Å². The number of non-ortho nitro benzene ring substituents is 1. The van der Waals surface area contributed by atoms with Crippen LogP contribution < -0.4 is 14.9 Å². The SMILES string of the molecule is COc1cc(/C=N/NC(=O)c2cc3cc(Br)ccc3o2)ccc1OCc1cccc([N+](=O)[O-])c1. The third-order valence-electron chi connectivity index (χ3n) is 4.79. The highest BCUT2D eigenvalue weighted by atomic mass is 79.9. The minimum absolute atomic E-state index is 0.00260. The van der Waals surface area contributed by atoms with Crippen LogP contribution in [-0.4, -0.2) is 24.2 Å². The Morgan fingerprint density at radius 1 is 1.15 bits per heavy atom. The van der Waals surface area contributed by atoms with Gasteiger partial charge in [-0.1, -0.05) is 28.1 Å². The highest BCUT2D eigenvalue weighted by Crippen LogP contribution is 2.29. The van der Waals surface area contributed by atoms with E-state index in [0.29, 0.717) is 28.2 Å². The smallest absolute Gasteiger partial charge is 0.307 e. The number of furan rings is 1. The first kappa shape index (κ1) is 23.0. The number of hydrazone groups is 1. The molecule has 0 atom stereocenters. The maximum Gasteiger partial charge on any atom is 0.307 e. The van der Waals surface area contributed by atoms with E-state index in [4.69, 9.17) is 13.9 Å². The predicted octanol–water partition coefficient (Wildman–Crippen LogP) is 5.46. The first-order chi connectivity index (χ1) is 16.4. The molecule has 3 aromatic carbocycles. The van der Waals surface area contributed by atoms with Gasteiger partial charge < -0.3 is 13.9 Å². The molecule has 1 heterocycles. The molecule has 0 saturated heterocycles. The van der Waals surface area contributed by atoms with Gasteiger partial charge in [0, 0.05) is 22.0 Å². The van der Waals surface area contributed by atoms with E-state index in [-0.39, 0.29) is 18.1 Å². The fourth-order valence-corrected chi connectivity index (χ4v) is 3.53. The summed E-state index contributed by atoms with van der Waals surface area (Å²) in [6.07, 6.45) is 1.46. The standard InChI is InChI=1S/C24H18BrN3O6/c1-32-22-10-15(5-7-21(22)33-14-16-3-2-4-19(9-16)28(30)31)13-26-27-24(29)23-12-17-11-18(25)6-8-20(17)34-23/h2-13H,14H2,1H3,(H,27,29)/b26-13+. The van der Waals surface area contributed by atoms with E-state index in [0.717, 1.165) is 9.86 Å². The van der Waals surface area contributed by atoms with Crippen LogP contribution in [-0.2, 0) is 6.61 Å². The molecule has 172 valence electrons. The summed E-state index contributed by atoms with van der Waals surface area (Å²) >= 11 is 3.38. The first-order valence-electron chi connectivity index (χ1n) is 9.99. The van der Waals surface area contributed by atoms with Crippen LogP contribution in [0.1, 0.15) is 21.7 Å². The van der Waals surface area contributed by atoms with Gasteiger partial charge in [0.05, 0.1) is 18.2 Å². The molecule has 0 bridgehead atoms. The van der Waals surface area contributed by atoms with E-state index < -0.39 is 10.8 Å². The summed E-state index contributed by atoms with van der Waals surface area (Å²) in [6.45, 7) is 0.135. The molecule has 0 fully saturated rings. The van der Waals surface area contributed by atoms with Crippen molar-refractivity contribution in [3.8, 4) is 11.5 Å². The fraction of sp³-hybridized carbons (Fsp3) is 0.0833. The number of nitro benzene ring substituents is 1. The number of nitrogens with one attached hydrogen (secondary N) is 1. The van der Waals surface area contributed by atoms with Crippen LogP contribution in [0.15, 0.2) is 80.7 Å². The molecule has 10 heteroatoms.